The zero-order chi connectivity index (χ0) is 13.7. The van der Waals surface area contributed by atoms with Crippen molar-refractivity contribution < 1.29 is 9.53 Å². The fourth-order valence-electron chi connectivity index (χ4n) is 2.10. The fourth-order valence-corrected chi connectivity index (χ4v) is 2.10. The van der Waals surface area contributed by atoms with Gasteiger partial charge in [-0.3, -0.25) is 4.79 Å². The highest BCUT2D eigenvalue weighted by atomic mass is 16.5. The van der Waals surface area contributed by atoms with Gasteiger partial charge in [-0.2, -0.15) is 5.26 Å². The first kappa shape index (κ1) is 13.4. The molecule has 2 rings (SSSR count). The van der Waals surface area contributed by atoms with Gasteiger partial charge in [0, 0.05) is 20.1 Å². The number of hydrogen-bond donors (Lipinski definition) is 0. The van der Waals surface area contributed by atoms with Gasteiger partial charge in [-0.05, 0) is 12.1 Å². The van der Waals surface area contributed by atoms with Crippen LogP contribution in [0.15, 0.2) is 24.3 Å². The zero-order valence-corrected chi connectivity index (χ0v) is 11.0. The number of nitrogens with zero attached hydrogens (tertiary/aromatic N) is 3. The number of hydrogen-bond acceptors (Lipinski definition) is 4. The number of carbonyl (C=O) groups excluding carboxylic acids is 1. The maximum Gasteiger partial charge on any atom is 0.242 e. The Morgan fingerprint density at radius 3 is 2.79 bits per heavy atom. The lowest BCUT2D eigenvalue weighted by molar-refractivity contribution is -0.133. The van der Waals surface area contributed by atoms with Crippen LogP contribution in [0.5, 0.6) is 0 Å². The predicted octanol–water partition coefficient (Wildman–Crippen LogP) is 0.853. The van der Waals surface area contributed by atoms with E-state index in [-0.39, 0.29) is 12.5 Å². The van der Waals surface area contributed by atoms with Crippen molar-refractivity contribution in [1.29, 1.82) is 5.26 Å². The number of nitriles is 1. The van der Waals surface area contributed by atoms with E-state index >= 15 is 0 Å². The number of carbonyl (C=O) groups is 1. The van der Waals surface area contributed by atoms with Crippen LogP contribution in [-0.4, -0.2) is 50.7 Å². The Labute approximate surface area is 113 Å². The molecule has 1 amide bonds. The third-order valence-electron chi connectivity index (χ3n) is 3.17. The van der Waals surface area contributed by atoms with Crippen molar-refractivity contribution in [3.8, 4) is 6.07 Å². The normalized spacial score (nSPS) is 14.8. The van der Waals surface area contributed by atoms with E-state index in [1.807, 2.05) is 30.1 Å². The van der Waals surface area contributed by atoms with Crippen LogP contribution in [0, 0.1) is 11.3 Å². The summed E-state index contributed by atoms with van der Waals surface area (Å²) in [4.78, 5) is 15.7. The molecule has 0 aliphatic carbocycles. The summed E-state index contributed by atoms with van der Waals surface area (Å²) in [5.41, 5.74) is 1.37. The van der Waals surface area contributed by atoms with E-state index < -0.39 is 0 Å². The van der Waals surface area contributed by atoms with Crippen molar-refractivity contribution in [2.75, 3.05) is 44.8 Å². The minimum atomic E-state index is 0.0681. The van der Waals surface area contributed by atoms with Gasteiger partial charge < -0.3 is 14.5 Å². The maximum absolute atomic E-state index is 12.1. The van der Waals surface area contributed by atoms with Gasteiger partial charge >= 0.3 is 0 Å². The number of para-hydroxylation sites is 1. The number of rotatable bonds is 3. The van der Waals surface area contributed by atoms with Gasteiger partial charge in [0.05, 0.1) is 31.0 Å². The van der Waals surface area contributed by atoms with E-state index in [4.69, 9.17) is 10.00 Å². The monoisotopic (exact) mass is 259 g/mol. The number of ether oxygens (including phenoxy) is 1. The summed E-state index contributed by atoms with van der Waals surface area (Å²) in [6, 6.07) is 9.44. The van der Waals surface area contributed by atoms with E-state index in [2.05, 4.69) is 6.07 Å². The molecule has 0 bridgehead atoms. The van der Waals surface area contributed by atoms with Gasteiger partial charge in [0.1, 0.15) is 6.07 Å². The lowest BCUT2D eigenvalue weighted by Crippen LogP contribution is -2.45. The molecule has 0 radical (unpaired) electrons. The summed E-state index contributed by atoms with van der Waals surface area (Å²) in [5, 5.41) is 9.06. The summed E-state index contributed by atoms with van der Waals surface area (Å²) in [6.45, 7) is 2.77. The molecular formula is C14H17N3O2. The highest BCUT2D eigenvalue weighted by molar-refractivity contribution is 5.82. The minimum Gasteiger partial charge on any atom is -0.378 e. The van der Waals surface area contributed by atoms with E-state index in [0.29, 0.717) is 31.9 Å². The molecule has 1 fully saturated rings. The summed E-state index contributed by atoms with van der Waals surface area (Å²) in [6.07, 6.45) is 0. The van der Waals surface area contributed by atoms with Crippen LogP contribution < -0.4 is 4.90 Å². The van der Waals surface area contributed by atoms with Gasteiger partial charge in [-0.1, -0.05) is 12.1 Å². The van der Waals surface area contributed by atoms with Crippen LogP contribution in [0.4, 0.5) is 5.69 Å². The third-order valence-corrected chi connectivity index (χ3v) is 3.17. The van der Waals surface area contributed by atoms with Crippen molar-refractivity contribution in [3.63, 3.8) is 0 Å². The number of morpholine rings is 1. The molecule has 0 saturated carbocycles. The Hall–Kier alpha value is -2.06. The molecule has 1 heterocycles. The lowest BCUT2D eigenvalue weighted by Gasteiger charge is -2.29. The molecule has 1 aromatic carbocycles. The highest BCUT2D eigenvalue weighted by Gasteiger charge is 2.19. The minimum absolute atomic E-state index is 0.0681. The Morgan fingerprint density at radius 1 is 1.42 bits per heavy atom. The number of amides is 1. The molecule has 0 aromatic heterocycles. The molecule has 0 unspecified atom stereocenters. The first-order chi connectivity index (χ1) is 9.22. The molecule has 19 heavy (non-hydrogen) atoms. The molecule has 1 aliphatic heterocycles. The molecule has 100 valence electrons. The first-order valence-electron chi connectivity index (χ1n) is 6.28. The summed E-state index contributed by atoms with van der Waals surface area (Å²) < 4.78 is 5.23. The van der Waals surface area contributed by atoms with Crippen LogP contribution in [0.1, 0.15) is 5.56 Å². The van der Waals surface area contributed by atoms with E-state index in [9.17, 15) is 4.79 Å². The predicted molar refractivity (Wildman–Crippen MR) is 71.8 cm³/mol. The van der Waals surface area contributed by atoms with Crippen molar-refractivity contribution in [3.05, 3.63) is 29.8 Å². The molecular weight excluding hydrogens is 242 g/mol. The fraction of sp³-hybridized carbons (Fsp3) is 0.429. The summed E-state index contributed by atoms with van der Waals surface area (Å²) >= 11 is 0. The Kier molecular flexibility index (Phi) is 4.37. The first-order valence-corrected chi connectivity index (χ1v) is 6.28. The maximum atomic E-state index is 12.1. The Bertz CT molecular complexity index is 490. The van der Waals surface area contributed by atoms with Gasteiger partial charge in [-0.15, -0.1) is 0 Å². The van der Waals surface area contributed by atoms with Gasteiger partial charge in [-0.25, -0.2) is 0 Å². The molecule has 0 N–H and O–H groups in total. The largest absolute Gasteiger partial charge is 0.378 e. The summed E-state index contributed by atoms with van der Waals surface area (Å²) in [7, 11) is 1.83. The number of anilines is 1. The van der Waals surface area contributed by atoms with Gasteiger partial charge in [0.15, 0.2) is 0 Å². The molecule has 1 aromatic rings. The lowest BCUT2D eigenvalue weighted by atomic mass is 10.2. The average molecular weight is 259 g/mol. The second kappa shape index (κ2) is 6.21. The van der Waals surface area contributed by atoms with Gasteiger partial charge in [0.2, 0.25) is 5.91 Å². The van der Waals surface area contributed by atoms with E-state index in [1.54, 1.807) is 11.0 Å². The molecule has 5 heteroatoms. The molecule has 1 aliphatic rings. The van der Waals surface area contributed by atoms with Gasteiger partial charge in [0.25, 0.3) is 0 Å². The number of likely N-dealkylation sites (N-methyl/N-ethyl adjacent to an activating group) is 1. The SMILES string of the molecule is CN(CC(=O)N1CCOCC1)c1ccccc1C#N. The quantitative estimate of drug-likeness (QED) is 0.807. The second-order valence-electron chi connectivity index (χ2n) is 4.48. The molecule has 5 nitrogen and oxygen atoms in total. The molecule has 0 spiro atoms. The zero-order valence-electron chi connectivity index (χ0n) is 11.0. The average Bonchev–Trinajstić information content (AvgIpc) is 2.48. The summed E-state index contributed by atoms with van der Waals surface area (Å²) in [5.74, 6) is 0.0681. The Morgan fingerprint density at radius 2 is 2.11 bits per heavy atom. The highest BCUT2D eigenvalue weighted by Crippen LogP contribution is 2.18. The van der Waals surface area contributed by atoms with Crippen LogP contribution in [-0.2, 0) is 9.53 Å². The van der Waals surface area contributed by atoms with Crippen molar-refractivity contribution in [1.82, 2.24) is 4.90 Å². The van der Waals surface area contributed by atoms with Crippen LogP contribution >= 0.6 is 0 Å². The Balaban J connectivity index is 2.02. The van der Waals surface area contributed by atoms with Crippen LogP contribution in [0.3, 0.4) is 0 Å². The van der Waals surface area contributed by atoms with Crippen LogP contribution in [0.25, 0.3) is 0 Å². The van der Waals surface area contributed by atoms with E-state index in [1.165, 1.54) is 0 Å². The van der Waals surface area contributed by atoms with Crippen molar-refractivity contribution in [2.45, 2.75) is 0 Å². The van der Waals surface area contributed by atoms with Crippen molar-refractivity contribution >= 4 is 11.6 Å². The van der Waals surface area contributed by atoms with Crippen LogP contribution in [0.2, 0.25) is 0 Å². The van der Waals surface area contributed by atoms with Crippen molar-refractivity contribution in [2.24, 2.45) is 0 Å². The number of benzene rings is 1. The third kappa shape index (κ3) is 3.24. The topological polar surface area (TPSA) is 56.6 Å². The second-order valence-corrected chi connectivity index (χ2v) is 4.48. The van der Waals surface area contributed by atoms with E-state index in [0.717, 1.165) is 5.69 Å². The smallest absolute Gasteiger partial charge is 0.242 e. The molecule has 1 saturated heterocycles. The standard InChI is InChI=1S/C14H17N3O2/c1-16(13-5-3-2-4-12(13)10-15)11-14(18)17-6-8-19-9-7-17/h2-5H,6-9,11H2,1H3. The molecule has 0 atom stereocenters.